The zero-order chi connectivity index (χ0) is 25.2. The molecule has 2 N–H and O–H groups in total. The van der Waals surface area contributed by atoms with Crippen LogP contribution in [0.25, 0.3) is 0 Å². The van der Waals surface area contributed by atoms with Gasteiger partial charge in [-0.3, -0.25) is 4.55 Å². The summed E-state index contributed by atoms with van der Waals surface area (Å²) < 4.78 is 48.0. The molecule has 7 nitrogen and oxygen atoms in total. The van der Waals surface area contributed by atoms with Gasteiger partial charge >= 0.3 is 5.97 Å². The largest absolute Gasteiger partial charge is 0.476 e. The predicted octanol–water partition coefficient (Wildman–Crippen LogP) is 6.27. The highest BCUT2D eigenvalue weighted by molar-refractivity contribution is 9.10. The van der Waals surface area contributed by atoms with Crippen molar-refractivity contribution in [1.29, 1.82) is 0 Å². The molecule has 3 rings (SSSR count). The molecule has 10 heteroatoms. The number of hydrogen-bond acceptors (Lipinski definition) is 4. The van der Waals surface area contributed by atoms with Gasteiger partial charge in [-0.05, 0) is 43.2 Å². The van der Waals surface area contributed by atoms with Crippen molar-refractivity contribution in [2.24, 2.45) is 0 Å². The summed E-state index contributed by atoms with van der Waals surface area (Å²) in [7, 11) is -3.98. The summed E-state index contributed by atoms with van der Waals surface area (Å²) in [6.45, 7) is 4.33. The van der Waals surface area contributed by atoms with Crippen molar-refractivity contribution >= 4 is 43.1 Å². The molecule has 0 spiro atoms. The van der Waals surface area contributed by atoms with Crippen molar-refractivity contribution in [3.05, 3.63) is 65.1 Å². The molecule has 1 heterocycles. The third-order valence-electron chi connectivity index (χ3n) is 6.44. The Labute approximate surface area is 207 Å². The van der Waals surface area contributed by atoms with Gasteiger partial charge in [0.15, 0.2) is 0 Å². The van der Waals surface area contributed by atoms with Crippen LogP contribution in [-0.4, -0.2) is 43.3 Å². The second-order valence-electron chi connectivity index (χ2n) is 8.38. The summed E-state index contributed by atoms with van der Waals surface area (Å²) >= 11 is 3.45. The number of para-hydroxylation sites is 1. The number of rotatable bonds is 8. The van der Waals surface area contributed by atoms with Crippen LogP contribution in [0.1, 0.15) is 39.5 Å². The first-order valence-electron chi connectivity index (χ1n) is 11.0. The average molecular weight is 557 g/mol. The molecule has 0 saturated carbocycles. The van der Waals surface area contributed by atoms with E-state index in [4.69, 9.17) is 9.29 Å². The fourth-order valence-corrected chi connectivity index (χ4v) is 7.28. The number of aliphatic carboxylic acids is 1. The Bertz CT molecular complexity index is 1160. The Morgan fingerprint density at radius 2 is 1.94 bits per heavy atom. The molecule has 1 aliphatic rings. The van der Waals surface area contributed by atoms with E-state index in [0.717, 1.165) is 18.5 Å². The maximum absolute atomic E-state index is 14.7. The monoisotopic (exact) mass is 556 g/mol. The van der Waals surface area contributed by atoms with Gasteiger partial charge in [0.05, 0.1) is 11.2 Å². The second kappa shape index (κ2) is 9.77. The number of unbranched alkanes of at least 4 members (excludes halogenated alkanes) is 1. The topological polar surface area (TPSA) is 90.3 Å². The maximum atomic E-state index is 14.7. The van der Waals surface area contributed by atoms with Gasteiger partial charge in [-0.1, -0.05) is 60.8 Å². The van der Waals surface area contributed by atoms with Gasteiger partial charge in [0.2, 0.25) is 15.6 Å². The van der Waals surface area contributed by atoms with E-state index < -0.39 is 27.1 Å². The highest BCUT2D eigenvalue weighted by atomic mass is 79.9. The first-order valence-corrected chi connectivity index (χ1v) is 13.6. The highest BCUT2D eigenvalue weighted by Gasteiger charge is 2.56. The molecule has 0 bridgehead atoms. The number of carbonyl (C=O) groups is 1. The Kier molecular flexibility index (Phi) is 7.57. The summed E-state index contributed by atoms with van der Waals surface area (Å²) in [6, 6.07) is 14.3. The molecule has 1 aliphatic heterocycles. The van der Waals surface area contributed by atoms with Crippen molar-refractivity contribution < 1.29 is 27.2 Å². The van der Waals surface area contributed by atoms with Crippen LogP contribution in [0.4, 0.5) is 15.8 Å². The first kappa shape index (κ1) is 26.3. The third-order valence-corrected chi connectivity index (χ3v) is 9.83. The van der Waals surface area contributed by atoms with E-state index in [0.29, 0.717) is 29.5 Å². The van der Waals surface area contributed by atoms with E-state index in [9.17, 15) is 17.9 Å². The van der Waals surface area contributed by atoms with Crippen LogP contribution < -0.4 is 4.90 Å². The number of halogens is 2. The van der Waals surface area contributed by atoms with E-state index in [1.165, 1.54) is 17.4 Å². The van der Waals surface area contributed by atoms with Crippen LogP contribution in [0.2, 0.25) is 0 Å². The number of carboxylic acids is 1. The zero-order valence-electron chi connectivity index (χ0n) is 19.4. The molecule has 0 radical (unpaired) electrons. The molecule has 1 atom stereocenters. The van der Waals surface area contributed by atoms with Gasteiger partial charge in [-0.25, -0.2) is 4.79 Å². The van der Waals surface area contributed by atoms with Crippen LogP contribution in [0.5, 0.6) is 0 Å². The van der Waals surface area contributed by atoms with Gasteiger partial charge in [-0.15, -0.1) is 0 Å². The molecule has 0 aliphatic carbocycles. The SMILES string of the molecule is CCCCC1(CC)CN(c2ccccc2)c2cc(Br)ccc2S(=O)(O)(O/C=C(\F)C(=O)O)N1C. The van der Waals surface area contributed by atoms with E-state index in [2.05, 4.69) is 15.9 Å². The van der Waals surface area contributed by atoms with Crippen molar-refractivity contribution in [2.45, 2.75) is 50.0 Å². The number of nitrogens with zero attached hydrogens (tertiary/aromatic N) is 2. The first-order chi connectivity index (χ1) is 16.0. The Balaban J connectivity index is 2.38. The number of anilines is 2. The van der Waals surface area contributed by atoms with Crippen LogP contribution in [0.15, 0.2) is 70.0 Å². The summed E-state index contributed by atoms with van der Waals surface area (Å²) in [6.07, 6.45) is 2.93. The Hall–Kier alpha value is -2.27. The Morgan fingerprint density at radius 1 is 1.26 bits per heavy atom. The quantitative estimate of drug-likeness (QED) is 0.294. The number of benzene rings is 2. The smallest absolute Gasteiger partial charge is 0.368 e. The van der Waals surface area contributed by atoms with Gasteiger partial charge in [0.1, 0.15) is 11.2 Å². The number of hydrogen-bond donors (Lipinski definition) is 2. The minimum atomic E-state index is -5.46. The summed E-state index contributed by atoms with van der Waals surface area (Å²) in [5, 5.41) is 8.97. The van der Waals surface area contributed by atoms with Gasteiger partial charge in [-0.2, -0.15) is 12.9 Å². The van der Waals surface area contributed by atoms with Crippen LogP contribution in [0.3, 0.4) is 0 Å². The van der Waals surface area contributed by atoms with Gasteiger partial charge in [0, 0.05) is 23.8 Å². The molecule has 0 fully saturated rings. The minimum Gasteiger partial charge on any atom is -0.476 e. The van der Waals surface area contributed by atoms with E-state index >= 15 is 0 Å². The van der Waals surface area contributed by atoms with Crippen molar-refractivity contribution in [1.82, 2.24) is 4.31 Å². The molecule has 1 unspecified atom stereocenters. The maximum Gasteiger partial charge on any atom is 0.368 e. The molecular weight excluding hydrogens is 527 g/mol. The van der Waals surface area contributed by atoms with E-state index in [1.54, 1.807) is 12.1 Å². The fraction of sp³-hybridized carbons (Fsp3) is 0.375. The lowest BCUT2D eigenvalue weighted by Gasteiger charge is -2.51. The normalized spacial score (nSPS) is 23.3. The lowest BCUT2D eigenvalue weighted by Crippen LogP contribution is -2.61. The standard InChI is InChI=1S/C24H30BrFN2O5S/c1-4-6-14-24(5-2)17-28(19-10-8-7-9-11-19)21-15-18(25)12-13-22(21)34(31,32,27(24)3)33-16-20(26)23(29)30/h7-13,15-16H,4-6,14,17H2,1-3H3,(H,29,30)(H,31,32)/b20-16-. The minimum absolute atomic E-state index is 0.0761. The van der Waals surface area contributed by atoms with E-state index in [-0.39, 0.29) is 11.2 Å². The average Bonchev–Trinajstić information content (AvgIpc) is 2.88. The summed E-state index contributed by atoms with van der Waals surface area (Å²) in [4.78, 5) is 12.9. The van der Waals surface area contributed by atoms with Crippen molar-refractivity contribution in [3.63, 3.8) is 0 Å². The molecule has 0 saturated heterocycles. The third kappa shape index (κ3) is 4.64. The Morgan fingerprint density at radius 3 is 2.53 bits per heavy atom. The molecule has 2 aromatic carbocycles. The zero-order valence-corrected chi connectivity index (χ0v) is 21.8. The summed E-state index contributed by atoms with van der Waals surface area (Å²) in [5.74, 6) is -3.56. The number of carboxylic acid groups (broad SMARTS) is 1. The van der Waals surface area contributed by atoms with Gasteiger partial charge in [0.25, 0.3) is 0 Å². The van der Waals surface area contributed by atoms with Gasteiger partial charge < -0.3 is 14.2 Å². The number of likely N-dealkylation sites (N-methyl/N-ethyl adjacent to an activating group) is 1. The van der Waals surface area contributed by atoms with Crippen molar-refractivity contribution in [2.75, 3.05) is 18.5 Å². The van der Waals surface area contributed by atoms with E-state index in [1.807, 2.05) is 49.1 Å². The van der Waals surface area contributed by atoms with Crippen LogP contribution >= 0.6 is 15.9 Å². The predicted molar refractivity (Wildman–Crippen MR) is 135 cm³/mol. The molecule has 0 aromatic heterocycles. The lowest BCUT2D eigenvalue weighted by atomic mass is 9.88. The van der Waals surface area contributed by atoms with Crippen LogP contribution in [0, 0.1) is 0 Å². The lowest BCUT2D eigenvalue weighted by molar-refractivity contribution is -0.134. The molecule has 186 valence electrons. The molecule has 0 amide bonds. The van der Waals surface area contributed by atoms with Crippen molar-refractivity contribution in [3.8, 4) is 0 Å². The second-order valence-corrected chi connectivity index (χ2v) is 12.1. The summed E-state index contributed by atoms with van der Waals surface area (Å²) in [5.41, 5.74) is 0.361. The molecule has 34 heavy (non-hydrogen) atoms. The highest BCUT2D eigenvalue weighted by Crippen LogP contribution is 2.52. The molecular formula is C24H30BrFN2O5S. The number of fused-ring (bicyclic) bond motifs is 1. The van der Waals surface area contributed by atoms with Crippen LogP contribution in [-0.2, 0) is 18.8 Å². The molecule has 2 aromatic rings. The fourth-order valence-electron chi connectivity index (χ4n) is 4.35.